The van der Waals surface area contributed by atoms with Crippen LogP contribution in [0.4, 0.5) is 5.69 Å². The maximum absolute atomic E-state index is 12.9. The van der Waals surface area contributed by atoms with E-state index in [4.69, 9.17) is 4.74 Å². The standard InChI is InChI=1S/C22H31N3O4/c1-22(2,3)21(28)25-10-8-16(9-11-25)19(26)23-18-7-5-4-6-17(18)20(27)24-12-14-29-15-13-24/h4-7,16H,8-15H2,1-3H3,(H,23,26). The number of nitrogens with one attached hydrogen (secondary N) is 1. The molecule has 158 valence electrons. The molecule has 2 fully saturated rings. The van der Waals surface area contributed by atoms with Gasteiger partial charge in [0.25, 0.3) is 5.91 Å². The highest BCUT2D eigenvalue weighted by molar-refractivity contribution is 6.04. The summed E-state index contributed by atoms with van der Waals surface area (Å²) >= 11 is 0. The second-order valence-electron chi connectivity index (χ2n) is 8.76. The van der Waals surface area contributed by atoms with Gasteiger partial charge in [0.05, 0.1) is 24.5 Å². The zero-order valence-corrected chi connectivity index (χ0v) is 17.6. The maximum Gasteiger partial charge on any atom is 0.256 e. The summed E-state index contributed by atoms with van der Waals surface area (Å²) in [5.74, 6) is -0.215. The second kappa shape index (κ2) is 8.95. The van der Waals surface area contributed by atoms with Gasteiger partial charge in [-0.1, -0.05) is 32.9 Å². The molecule has 3 rings (SSSR count). The molecule has 1 N–H and O–H groups in total. The lowest BCUT2D eigenvalue weighted by Gasteiger charge is -2.35. The van der Waals surface area contributed by atoms with E-state index in [1.165, 1.54) is 0 Å². The minimum Gasteiger partial charge on any atom is -0.378 e. The van der Waals surface area contributed by atoms with Gasteiger partial charge in [0.2, 0.25) is 11.8 Å². The quantitative estimate of drug-likeness (QED) is 0.843. The monoisotopic (exact) mass is 401 g/mol. The van der Waals surface area contributed by atoms with E-state index in [1.54, 1.807) is 23.1 Å². The first-order valence-corrected chi connectivity index (χ1v) is 10.3. The van der Waals surface area contributed by atoms with Crippen LogP contribution in [0, 0.1) is 11.3 Å². The summed E-state index contributed by atoms with van der Waals surface area (Å²) in [6.45, 7) is 9.09. The third kappa shape index (κ3) is 5.15. The fourth-order valence-corrected chi connectivity index (χ4v) is 3.77. The molecule has 7 heteroatoms. The number of carbonyl (C=O) groups is 3. The third-order valence-corrected chi connectivity index (χ3v) is 5.51. The Morgan fingerprint density at radius 1 is 0.966 bits per heavy atom. The van der Waals surface area contributed by atoms with Crippen molar-refractivity contribution in [2.75, 3.05) is 44.7 Å². The van der Waals surface area contributed by atoms with Crippen LogP contribution in [0.1, 0.15) is 44.0 Å². The van der Waals surface area contributed by atoms with Crippen molar-refractivity contribution < 1.29 is 19.1 Å². The fraction of sp³-hybridized carbons (Fsp3) is 0.591. The zero-order chi connectivity index (χ0) is 21.0. The summed E-state index contributed by atoms with van der Waals surface area (Å²) in [6, 6.07) is 7.14. The Labute approximate surface area is 172 Å². The van der Waals surface area contributed by atoms with Crippen LogP contribution < -0.4 is 5.32 Å². The van der Waals surface area contributed by atoms with E-state index < -0.39 is 5.41 Å². The molecule has 0 saturated carbocycles. The van der Waals surface area contributed by atoms with Gasteiger partial charge >= 0.3 is 0 Å². The van der Waals surface area contributed by atoms with E-state index in [0.717, 1.165) is 0 Å². The van der Waals surface area contributed by atoms with Crippen LogP contribution >= 0.6 is 0 Å². The van der Waals surface area contributed by atoms with E-state index in [2.05, 4.69) is 5.32 Å². The highest BCUT2D eigenvalue weighted by Crippen LogP contribution is 2.25. The van der Waals surface area contributed by atoms with Gasteiger partial charge in [-0.05, 0) is 25.0 Å². The number of anilines is 1. The molecular formula is C22H31N3O4. The predicted octanol–water partition coefficient (Wildman–Crippen LogP) is 2.38. The normalized spacial score (nSPS) is 18.4. The molecule has 2 heterocycles. The highest BCUT2D eigenvalue weighted by atomic mass is 16.5. The summed E-state index contributed by atoms with van der Waals surface area (Å²) in [5.41, 5.74) is 0.638. The summed E-state index contributed by atoms with van der Waals surface area (Å²) in [5, 5.41) is 2.95. The second-order valence-corrected chi connectivity index (χ2v) is 8.76. The van der Waals surface area contributed by atoms with Gasteiger partial charge in [0.1, 0.15) is 0 Å². The number of rotatable bonds is 3. The lowest BCUT2D eigenvalue weighted by atomic mass is 9.90. The number of morpholine rings is 1. The molecule has 2 aliphatic heterocycles. The number of nitrogens with zero attached hydrogens (tertiary/aromatic N) is 2. The Bertz CT molecular complexity index is 758. The van der Waals surface area contributed by atoms with Gasteiger partial charge in [-0.3, -0.25) is 14.4 Å². The van der Waals surface area contributed by atoms with Crippen molar-refractivity contribution in [1.29, 1.82) is 0 Å². The first kappa shape index (κ1) is 21.3. The number of hydrogen-bond donors (Lipinski definition) is 1. The van der Waals surface area contributed by atoms with Gasteiger partial charge in [0.15, 0.2) is 0 Å². The van der Waals surface area contributed by atoms with Crippen molar-refractivity contribution in [1.82, 2.24) is 9.80 Å². The van der Waals surface area contributed by atoms with E-state index in [0.29, 0.717) is 63.5 Å². The molecule has 1 aromatic carbocycles. The predicted molar refractivity (Wildman–Crippen MR) is 111 cm³/mol. The van der Waals surface area contributed by atoms with Gasteiger partial charge in [-0.2, -0.15) is 0 Å². The Balaban J connectivity index is 1.62. The Hall–Kier alpha value is -2.41. The number of piperidine rings is 1. The van der Waals surface area contributed by atoms with Crippen molar-refractivity contribution in [2.24, 2.45) is 11.3 Å². The SMILES string of the molecule is CC(C)(C)C(=O)N1CCC(C(=O)Nc2ccccc2C(=O)N2CCOCC2)CC1. The lowest BCUT2D eigenvalue weighted by molar-refractivity contribution is -0.142. The Morgan fingerprint density at radius 2 is 1.59 bits per heavy atom. The van der Waals surface area contributed by atoms with Crippen molar-refractivity contribution >= 4 is 23.4 Å². The van der Waals surface area contributed by atoms with Crippen LogP contribution in [0.5, 0.6) is 0 Å². The van der Waals surface area contributed by atoms with E-state index in [9.17, 15) is 14.4 Å². The minimum absolute atomic E-state index is 0.0879. The third-order valence-electron chi connectivity index (χ3n) is 5.51. The molecule has 2 saturated heterocycles. The largest absolute Gasteiger partial charge is 0.378 e. The van der Waals surface area contributed by atoms with E-state index in [1.807, 2.05) is 31.7 Å². The maximum atomic E-state index is 12.9. The average Bonchev–Trinajstić information content (AvgIpc) is 2.73. The number of ether oxygens (including phenoxy) is 1. The Morgan fingerprint density at radius 3 is 2.21 bits per heavy atom. The van der Waals surface area contributed by atoms with Gasteiger partial charge < -0.3 is 19.9 Å². The van der Waals surface area contributed by atoms with E-state index >= 15 is 0 Å². The number of para-hydroxylation sites is 1. The van der Waals surface area contributed by atoms with Gasteiger partial charge in [-0.25, -0.2) is 0 Å². The smallest absolute Gasteiger partial charge is 0.256 e. The van der Waals surface area contributed by atoms with Crippen LogP contribution in [0.2, 0.25) is 0 Å². The molecule has 3 amide bonds. The van der Waals surface area contributed by atoms with Crippen molar-refractivity contribution in [2.45, 2.75) is 33.6 Å². The van der Waals surface area contributed by atoms with E-state index in [-0.39, 0.29) is 23.6 Å². The van der Waals surface area contributed by atoms with Crippen molar-refractivity contribution in [3.8, 4) is 0 Å². The van der Waals surface area contributed by atoms with Crippen molar-refractivity contribution in [3.63, 3.8) is 0 Å². The highest BCUT2D eigenvalue weighted by Gasteiger charge is 2.32. The molecule has 0 aliphatic carbocycles. The topological polar surface area (TPSA) is 79.0 Å². The molecule has 7 nitrogen and oxygen atoms in total. The van der Waals surface area contributed by atoms with Crippen LogP contribution in [-0.4, -0.2) is 66.9 Å². The van der Waals surface area contributed by atoms with Crippen LogP contribution in [0.15, 0.2) is 24.3 Å². The minimum atomic E-state index is -0.409. The summed E-state index contributed by atoms with van der Waals surface area (Å²) in [6.07, 6.45) is 1.26. The molecule has 0 atom stereocenters. The number of carbonyl (C=O) groups excluding carboxylic acids is 3. The molecule has 0 aromatic heterocycles. The summed E-state index contributed by atoms with van der Waals surface area (Å²) in [4.78, 5) is 41.7. The molecule has 2 aliphatic rings. The van der Waals surface area contributed by atoms with Crippen LogP contribution in [-0.2, 0) is 14.3 Å². The van der Waals surface area contributed by atoms with Gasteiger partial charge in [0, 0.05) is 37.5 Å². The van der Waals surface area contributed by atoms with Crippen molar-refractivity contribution in [3.05, 3.63) is 29.8 Å². The molecule has 0 bridgehead atoms. The Kier molecular flexibility index (Phi) is 6.57. The first-order valence-electron chi connectivity index (χ1n) is 10.3. The summed E-state index contributed by atoms with van der Waals surface area (Å²) < 4.78 is 5.31. The fourth-order valence-electron chi connectivity index (χ4n) is 3.77. The molecular weight excluding hydrogens is 370 g/mol. The number of hydrogen-bond acceptors (Lipinski definition) is 4. The number of benzene rings is 1. The zero-order valence-electron chi connectivity index (χ0n) is 17.6. The van der Waals surface area contributed by atoms with Crippen LogP contribution in [0.25, 0.3) is 0 Å². The van der Waals surface area contributed by atoms with Crippen LogP contribution in [0.3, 0.4) is 0 Å². The number of amides is 3. The molecule has 29 heavy (non-hydrogen) atoms. The molecule has 1 aromatic rings. The number of likely N-dealkylation sites (tertiary alicyclic amines) is 1. The first-order chi connectivity index (χ1) is 13.8. The molecule has 0 spiro atoms. The van der Waals surface area contributed by atoms with Gasteiger partial charge in [-0.15, -0.1) is 0 Å². The summed E-state index contributed by atoms with van der Waals surface area (Å²) in [7, 11) is 0. The molecule has 0 unspecified atom stereocenters. The average molecular weight is 402 g/mol. The molecule has 0 radical (unpaired) electrons. The lowest BCUT2D eigenvalue weighted by Crippen LogP contribution is -2.46.